The van der Waals surface area contributed by atoms with Crippen LogP contribution < -0.4 is 5.32 Å². The van der Waals surface area contributed by atoms with Crippen LogP contribution in [0.1, 0.15) is 31.1 Å². The third kappa shape index (κ3) is 3.22. The Balaban J connectivity index is 2.36. The van der Waals surface area contributed by atoms with Gasteiger partial charge < -0.3 is 5.32 Å². The SMILES string of the molecule is CC(C)(C)NC(=O)c1ccc2cc(I)ccc2c1. The minimum atomic E-state index is -0.210. The van der Waals surface area contributed by atoms with Gasteiger partial charge in [0, 0.05) is 14.7 Å². The maximum atomic E-state index is 12.1. The van der Waals surface area contributed by atoms with Gasteiger partial charge in [-0.3, -0.25) is 4.79 Å². The Morgan fingerprint density at radius 3 is 2.33 bits per heavy atom. The Hall–Kier alpha value is -1.10. The molecule has 0 aliphatic heterocycles. The topological polar surface area (TPSA) is 29.1 Å². The lowest BCUT2D eigenvalue weighted by Crippen LogP contribution is -2.40. The molecule has 18 heavy (non-hydrogen) atoms. The summed E-state index contributed by atoms with van der Waals surface area (Å²) >= 11 is 2.29. The molecule has 1 amide bonds. The van der Waals surface area contributed by atoms with Crippen LogP contribution in [0.2, 0.25) is 0 Å². The van der Waals surface area contributed by atoms with E-state index in [1.807, 2.05) is 51.1 Å². The molecule has 0 heterocycles. The molecule has 94 valence electrons. The van der Waals surface area contributed by atoms with E-state index in [-0.39, 0.29) is 11.4 Å². The van der Waals surface area contributed by atoms with Gasteiger partial charge in [0.05, 0.1) is 0 Å². The smallest absolute Gasteiger partial charge is 0.251 e. The highest BCUT2D eigenvalue weighted by molar-refractivity contribution is 14.1. The van der Waals surface area contributed by atoms with Crippen molar-refractivity contribution in [3.8, 4) is 0 Å². The number of carbonyl (C=O) groups is 1. The molecule has 0 atom stereocenters. The van der Waals surface area contributed by atoms with Crippen LogP contribution in [0.3, 0.4) is 0 Å². The molecule has 0 fully saturated rings. The van der Waals surface area contributed by atoms with E-state index in [1.54, 1.807) is 0 Å². The Morgan fingerprint density at radius 1 is 1.06 bits per heavy atom. The Kier molecular flexibility index (Phi) is 3.61. The average molecular weight is 353 g/mol. The maximum Gasteiger partial charge on any atom is 0.251 e. The first-order chi connectivity index (χ1) is 8.35. The first-order valence-electron chi connectivity index (χ1n) is 5.87. The fourth-order valence-electron chi connectivity index (χ4n) is 1.77. The van der Waals surface area contributed by atoms with Crippen LogP contribution in [-0.4, -0.2) is 11.4 Å². The number of carbonyl (C=O) groups excluding carboxylic acids is 1. The van der Waals surface area contributed by atoms with Crippen LogP contribution in [-0.2, 0) is 0 Å². The first kappa shape index (κ1) is 13.3. The van der Waals surface area contributed by atoms with Crippen LogP contribution in [0.5, 0.6) is 0 Å². The molecule has 0 saturated heterocycles. The molecule has 0 spiro atoms. The van der Waals surface area contributed by atoms with Gasteiger partial charge in [-0.1, -0.05) is 12.1 Å². The van der Waals surface area contributed by atoms with E-state index in [2.05, 4.69) is 34.0 Å². The monoisotopic (exact) mass is 353 g/mol. The second kappa shape index (κ2) is 4.88. The summed E-state index contributed by atoms with van der Waals surface area (Å²) in [6, 6.07) is 12.0. The quantitative estimate of drug-likeness (QED) is 0.773. The summed E-state index contributed by atoms with van der Waals surface area (Å²) in [5.41, 5.74) is 0.497. The number of rotatable bonds is 1. The zero-order valence-corrected chi connectivity index (χ0v) is 12.9. The van der Waals surface area contributed by atoms with E-state index in [0.717, 1.165) is 10.8 Å². The number of amides is 1. The molecule has 0 bridgehead atoms. The van der Waals surface area contributed by atoms with E-state index < -0.39 is 0 Å². The molecule has 0 radical (unpaired) electrons. The van der Waals surface area contributed by atoms with E-state index in [4.69, 9.17) is 0 Å². The van der Waals surface area contributed by atoms with Gasteiger partial charge in [-0.15, -0.1) is 0 Å². The lowest BCUT2D eigenvalue weighted by Gasteiger charge is -2.20. The first-order valence-corrected chi connectivity index (χ1v) is 6.95. The van der Waals surface area contributed by atoms with E-state index >= 15 is 0 Å². The lowest BCUT2D eigenvalue weighted by molar-refractivity contribution is 0.0919. The molecule has 2 aromatic carbocycles. The molecular weight excluding hydrogens is 337 g/mol. The van der Waals surface area contributed by atoms with Crippen molar-refractivity contribution in [1.82, 2.24) is 5.32 Å². The van der Waals surface area contributed by atoms with Gasteiger partial charge in [-0.2, -0.15) is 0 Å². The number of hydrogen-bond acceptors (Lipinski definition) is 1. The second-order valence-corrected chi connectivity index (χ2v) is 6.66. The zero-order valence-electron chi connectivity index (χ0n) is 10.8. The highest BCUT2D eigenvalue weighted by Crippen LogP contribution is 2.19. The van der Waals surface area contributed by atoms with Gasteiger partial charge in [-0.05, 0) is 78.4 Å². The van der Waals surface area contributed by atoms with Gasteiger partial charge in [0.2, 0.25) is 0 Å². The van der Waals surface area contributed by atoms with Crippen molar-refractivity contribution in [3.63, 3.8) is 0 Å². The predicted octanol–water partition coefficient (Wildman–Crippen LogP) is 3.97. The van der Waals surface area contributed by atoms with Crippen LogP contribution in [0.25, 0.3) is 10.8 Å². The third-order valence-electron chi connectivity index (χ3n) is 2.55. The molecule has 0 aliphatic rings. The lowest BCUT2D eigenvalue weighted by atomic mass is 10.0. The molecule has 3 heteroatoms. The normalized spacial score (nSPS) is 11.6. The summed E-state index contributed by atoms with van der Waals surface area (Å²) in [5.74, 6) is -0.0250. The maximum absolute atomic E-state index is 12.1. The highest BCUT2D eigenvalue weighted by atomic mass is 127. The molecule has 1 N–H and O–H groups in total. The van der Waals surface area contributed by atoms with Gasteiger partial charge in [0.25, 0.3) is 5.91 Å². The molecule has 0 aromatic heterocycles. The van der Waals surface area contributed by atoms with Crippen LogP contribution in [0.15, 0.2) is 36.4 Å². The van der Waals surface area contributed by atoms with Crippen molar-refractivity contribution in [2.24, 2.45) is 0 Å². The molecule has 2 rings (SSSR count). The summed E-state index contributed by atoms with van der Waals surface area (Å²) in [6.45, 7) is 5.94. The fourth-order valence-corrected chi connectivity index (χ4v) is 2.29. The number of hydrogen-bond donors (Lipinski definition) is 1. The number of fused-ring (bicyclic) bond motifs is 1. The second-order valence-electron chi connectivity index (χ2n) is 5.41. The zero-order chi connectivity index (χ0) is 13.3. The third-order valence-corrected chi connectivity index (χ3v) is 3.22. The average Bonchev–Trinajstić information content (AvgIpc) is 2.26. The minimum Gasteiger partial charge on any atom is -0.347 e. The Labute approximate surface area is 121 Å². The van der Waals surface area contributed by atoms with Crippen LogP contribution in [0.4, 0.5) is 0 Å². The van der Waals surface area contributed by atoms with Crippen LogP contribution in [0, 0.1) is 3.57 Å². The van der Waals surface area contributed by atoms with E-state index in [9.17, 15) is 4.79 Å². The van der Waals surface area contributed by atoms with Crippen molar-refractivity contribution < 1.29 is 4.79 Å². The van der Waals surface area contributed by atoms with Gasteiger partial charge >= 0.3 is 0 Å². The van der Waals surface area contributed by atoms with Gasteiger partial charge in [0.15, 0.2) is 0 Å². The Morgan fingerprint density at radius 2 is 1.67 bits per heavy atom. The van der Waals surface area contributed by atoms with Gasteiger partial charge in [-0.25, -0.2) is 0 Å². The highest BCUT2D eigenvalue weighted by Gasteiger charge is 2.15. The molecule has 0 aliphatic carbocycles. The van der Waals surface area contributed by atoms with Gasteiger partial charge in [0.1, 0.15) is 0 Å². The standard InChI is InChI=1S/C15H16INO/c1-15(2,3)17-14(18)12-5-4-11-9-13(16)7-6-10(11)8-12/h4-9H,1-3H3,(H,17,18). The summed E-state index contributed by atoms with van der Waals surface area (Å²) < 4.78 is 1.20. The van der Waals surface area contributed by atoms with Crippen molar-refractivity contribution in [3.05, 3.63) is 45.5 Å². The number of nitrogens with one attached hydrogen (secondary N) is 1. The number of benzene rings is 2. The van der Waals surface area contributed by atoms with Crippen molar-refractivity contribution >= 4 is 39.3 Å². The summed E-state index contributed by atoms with van der Waals surface area (Å²) in [4.78, 5) is 12.1. The van der Waals surface area contributed by atoms with E-state index in [1.165, 1.54) is 3.57 Å². The van der Waals surface area contributed by atoms with Crippen molar-refractivity contribution in [1.29, 1.82) is 0 Å². The largest absolute Gasteiger partial charge is 0.347 e. The minimum absolute atomic E-state index is 0.0250. The fraction of sp³-hybridized carbons (Fsp3) is 0.267. The molecule has 0 saturated carbocycles. The summed E-state index contributed by atoms with van der Waals surface area (Å²) in [7, 11) is 0. The predicted molar refractivity (Wildman–Crippen MR) is 83.9 cm³/mol. The summed E-state index contributed by atoms with van der Waals surface area (Å²) in [6.07, 6.45) is 0. The number of halogens is 1. The molecule has 2 nitrogen and oxygen atoms in total. The van der Waals surface area contributed by atoms with Crippen molar-refractivity contribution in [2.45, 2.75) is 26.3 Å². The molecule has 2 aromatic rings. The Bertz CT molecular complexity index is 599. The van der Waals surface area contributed by atoms with E-state index in [0.29, 0.717) is 5.56 Å². The van der Waals surface area contributed by atoms with Crippen LogP contribution >= 0.6 is 22.6 Å². The molecule has 0 unspecified atom stereocenters. The van der Waals surface area contributed by atoms with Crippen molar-refractivity contribution in [2.75, 3.05) is 0 Å². The summed E-state index contributed by atoms with van der Waals surface area (Å²) in [5, 5.41) is 5.23. The molecular formula is C15H16INO.